The highest BCUT2D eigenvalue weighted by molar-refractivity contribution is 6.61. The molecule has 0 aromatic rings. The zero-order valence-corrected chi connectivity index (χ0v) is 17.4. The van der Waals surface area contributed by atoms with E-state index in [1.165, 1.54) is 90.4 Å². The molecule has 0 unspecified atom stereocenters. The molecule has 2 aliphatic heterocycles. The van der Waals surface area contributed by atoms with Crippen LogP contribution in [0.5, 0.6) is 0 Å². The van der Waals surface area contributed by atoms with E-state index in [2.05, 4.69) is 9.13 Å². The third-order valence-electron chi connectivity index (χ3n) is 7.91. The molecule has 5 heteroatoms. The van der Waals surface area contributed by atoms with Gasteiger partial charge >= 0.3 is 8.88 Å². The maximum absolute atomic E-state index is 6.29. The largest absolute Gasteiger partial charge is 0.522 e. The fraction of sp³-hybridized carbons (Fsp3) is 1.00. The molecular formula is C20H38N2O2Si. The lowest BCUT2D eigenvalue weighted by Crippen LogP contribution is -2.72. The van der Waals surface area contributed by atoms with Crippen LogP contribution >= 0.6 is 0 Å². The van der Waals surface area contributed by atoms with Crippen molar-refractivity contribution in [1.82, 2.24) is 9.13 Å². The minimum absolute atomic E-state index is 0.881. The zero-order chi connectivity index (χ0) is 17.3. The molecule has 2 saturated carbocycles. The van der Waals surface area contributed by atoms with E-state index < -0.39 is 8.88 Å². The summed E-state index contributed by atoms with van der Waals surface area (Å²) in [7, 11) is 1.40. The van der Waals surface area contributed by atoms with E-state index in [9.17, 15) is 0 Å². The van der Waals surface area contributed by atoms with Gasteiger partial charge in [0.1, 0.15) is 0 Å². The molecule has 0 aromatic heterocycles. The first kappa shape index (κ1) is 18.4. The topological polar surface area (TPSA) is 24.9 Å². The maximum Gasteiger partial charge on any atom is 0.522 e. The van der Waals surface area contributed by atoms with Crippen LogP contribution in [0.4, 0.5) is 0 Å². The van der Waals surface area contributed by atoms with Crippen LogP contribution < -0.4 is 0 Å². The van der Waals surface area contributed by atoms with E-state index in [-0.39, 0.29) is 0 Å². The van der Waals surface area contributed by atoms with Crippen molar-refractivity contribution in [3.63, 3.8) is 0 Å². The summed E-state index contributed by atoms with van der Waals surface area (Å²) in [4.78, 5) is 0. The normalized spacial score (nSPS) is 38.2. The molecule has 0 N–H and O–H groups in total. The fourth-order valence-electron chi connectivity index (χ4n) is 6.51. The number of piperidine rings is 2. The number of fused-ring (bicyclic) bond motifs is 2. The minimum Gasteiger partial charge on any atom is -0.374 e. The highest BCUT2D eigenvalue weighted by atomic mass is 28.4. The first-order valence-electron chi connectivity index (χ1n) is 10.9. The molecule has 0 spiro atoms. The van der Waals surface area contributed by atoms with E-state index >= 15 is 0 Å². The molecule has 0 amide bonds. The molecule has 4 aliphatic rings. The van der Waals surface area contributed by atoms with E-state index in [1.807, 2.05) is 14.2 Å². The van der Waals surface area contributed by atoms with E-state index in [4.69, 9.17) is 8.85 Å². The Morgan fingerprint density at radius 1 is 0.600 bits per heavy atom. The lowest BCUT2D eigenvalue weighted by Gasteiger charge is -2.52. The number of hydrogen-bond donors (Lipinski definition) is 0. The second kappa shape index (κ2) is 7.97. The van der Waals surface area contributed by atoms with E-state index in [0.29, 0.717) is 0 Å². The Bertz CT molecular complexity index is 409. The summed E-state index contributed by atoms with van der Waals surface area (Å²) in [6.45, 7) is 4.78. The van der Waals surface area contributed by atoms with Gasteiger partial charge in [-0.25, -0.2) is 0 Å². The molecule has 4 rings (SSSR count). The summed E-state index contributed by atoms with van der Waals surface area (Å²) in [6.07, 6.45) is 14.2. The van der Waals surface area contributed by atoms with Crippen LogP contribution in [0.15, 0.2) is 0 Å². The van der Waals surface area contributed by atoms with E-state index in [0.717, 1.165) is 23.7 Å². The van der Waals surface area contributed by atoms with Crippen molar-refractivity contribution in [2.24, 2.45) is 23.7 Å². The summed E-state index contributed by atoms with van der Waals surface area (Å²) >= 11 is 0. The van der Waals surface area contributed by atoms with Crippen LogP contribution in [0.25, 0.3) is 0 Å². The quantitative estimate of drug-likeness (QED) is 0.708. The highest BCUT2D eigenvalue weighted by Crippen LogP contribution is 2.41. The summed E-state index contributed by atoms with van der Waals surface area (Å²) in [5.41, 5.74) is 0. The zero-order valence-electron chi connectivity index (χ0n) is 16.4. The van der Waals surface area contributed by atoms with Gasteiger partial charge < -0.3 is 8.85 Å². The number of rotatable bonds is 4. The Hall–Kier alpha value is 0.0569. The SMILES string of the molecule is CO[Si](OC)(N1CC[C@@H]2CCCC[C@@H]2C1)N1CC[C@@H]2CCCC[C@H]2C1. The standard InChI is InChI=1S/C20H38N2O2Si/c1-23-25(24-2,21-13-11-17-7-3-5-9-19(17)15-21)22-14-12-18-8-4-6-10-20(18)16-22/h17-20H,3-16H2,1-2H3/t17-,18-,19-,20+/m0/s1. The van der Waals surface area contributed by atoms with Gasteiger partial charge in [-0.3, -0.25) is 9.13 Å². The van der Waals surface area contributed by atoms with Crippen LogP contribution in [0.2, 0.25) is 0 Å². The molecule has 2 saturated heterocycles. The number of nitrogens with zero attached hydrogens (tertiary/aromatic N) is 2. The second-order valence-corrected chi connectivity index (χ2v) is 12.2. The third kappa shape index (κ3) is 3.47. The van der Waals surface area contributed by atoms with Crippen molar-refractivity contribution in [2.75, 3.05) is 40.4 Å². The molecule has 0 aromatic carbocycles. The van der Waals surface area contributed by atoms with Crippen LogP contribution in [0.1, 0.15) is 64.2 Å². The summed E-state index contributed by atoms with van der Waals surface area (Å²) in [5, 5.41) is 0. The molecule has 2 aliphatic carbocycles. The molecule has 4 fully saturated rings. The second-order valence-electron chi connectivity index (χ2n) is 9.04. The van der Waals surface area contributed by atoms with E-state index in [1.54, 1.807) is 0 Å². The highest BCUT2D eigenvalue weighted by Gasteiger charge is 2.54. The summed E-state index contributed by atoms with van der Waals surface area (Å²) < 4.78 is 17.9. The Kier molecular flexibility index (Phi) is 5.87. The van der Waals surface area contributed by atoms with Gasteiger partial charge in [0.05, 0.1) is 0 Å². The third-order valence-corrected chi connectivity index (χ3v) is 11.4. The Labute approximate surface area is 155 Å². The van der Waals surface area contributed by atoms with Crippen molar-refractivity contribution in [2.45, 2.75) is 64.2 Å². The van der Waals surface area contributed by atoms with Gasteiger partial charge in [0.25, 0.3) is 0 Å². The average Bonchev–Trinajstić information content (AvgIpc) is 2.69. The molecule has 4 atom stereocenters. The molecule has 0 bridgehead atoms. The molecular weight excluding hydrogens is 328 g/mol. The van der Waals surface area contributed by atoms with Crippen LogP contribution in [-0.4, -0.2) is 58.4 Å². The smallest absolute Gasteiger partial charge is 0.374 e. The van der Waals surface area contributed by atoms with Crippen molar-refractivity contribution in [3.8, 4) is 0 Å². The number of hydrogen-bond acceptors (Lipinski definition) is 4. The minimum atomic E-state index is -2.43. The first-order valence-corrected chi connectivity index (χ1v) is 12.6. The van der Waals surface area contributed by atoms with Crippen LogP contribution in [0.3, 0.4) is 0 Å². The Morgan fingerprint density at radius 3 is 1.40 bits per heavy atom. The Morgan fingerprint density at radius 2 is 1.00 bits per heavy atom. The predicted octanol–water partition coefficient (Wildman–Crippen LogP) is 3.74. The van der Waals surface area contributed by atoms with Crippen molar-refractivity contribution >= 4 is 8.88 Å². The summed E-state index contributed by atoms with van der Waals surface area (Å²) in [6, 6.07) is 0. The summed E-state index contributed by atoms with van der Waals surface area (Å²) in [5.74, 6) is 3.70. The molecule has 2 heterocycles. The fourth-order valence-corrected chi connectivity index (χ4v) is 9.87. The maximum atomic E-state index is 6.29. The molecule has 0 radical (unpaired) electrons. The van der Waals surface area contributed by atoms with Gasteiger partial charge in [0.15, 0.2) is 0 Å². The predicted molar refractivity (Wildman–Crippen MR) is 103 cm³/mol. The molecule has 144 valence electrons. The van der Waals surface area contributed by atoms with Gasteiger partial charge in [0, 0.05) is 14.2 Å². The molecule has 4 nitrogen and oxygen atoms in total. The Balaban J connectivity index is 1.49. The van der Waals surface area contributed by atoms with Gasteiger partial charge in [-0.1, -0.05) is 38.5 Å². The lowest BCUT2D eigenvalue weighted by molar-refractivity contribution is 0.0204. The lowest BCUT2D eigenvalue weighted by atomic mass is 9.76. The van der Waals surface area contributed by atoms with Gasteiger partial charge in [0.2, 0.25) is 0 Å². The van der Waals surface area contributed by atoms with Crippen LogP contribution in [-0.2, 0) is 8.85 Å². The van der Waals surface area contributed by atoms with Gasteiger partial charge in [-0.05, 0) is 75.5 Å². The first-order chi connectivity index (χ1) is 12.3. The van der Waals surface area contributed by atoms with Gasteiger partial charge in [-0.2, -0.15) is 0 Å². The van der Waals surface area contributed by atoms with Crippen molar-refractivity contribution < 1.29 is 8.85 Å². The monoisotopic (exact) mass is 366 g/mol. The van der Waals surface area contributed by atoms with Gasteiger partial charge in [-0.15, -0.1) is 0 Å². The average molecular weight is 367 g/mol. The van der Waals surface area contributed by atoms with Crippen molar-refractivity contribution in [1.29, 1.82) is 0 Å². The molecule has 25 heavy (non-hydrogen) atoms. The van der Waals surface area contributed by atoms with Crippen molar-refractivity contribution in [3.05, 3.63) is 0 Å². The van der Waals surface area contributed by atoms with Crippen LogP contribution in [0, 0.1) is 23.7 Å².